The van der Waals surface area contributed by atoms with Gasteiger partial charge in [-0.1, -0.05) is 39.6 Å². The molecule has 3 unspecified atom stereocenters. The highest BCUT2D eigenvalue weighted by Crippen LogP contribution is 2.61. The van der Waals surface area contributed by atoms with Gasteiger partial charge in [0.15, 0.2) is 10.7 Å². The van der Waals surface area contributed by atoms with Gasteiger partial charge >= 0.3 is 0 Å². The molecule has 12 heteroatoms. The smallest absolute Gasteiger partial charge is 0.254 e. The van der Waals surface area contributed by atoms with E-state index in [-0.39, 0.29) is 22.5 Å². The molecule has 1 aliphatic carbocycles. The number of aliphatic imine (C=N–C) groups is 1. The molecule has 0 bridgehead atoms. The summed E-state index contributed by atoms with van der Waals surface area (Å²) in [6.07, 6.45) is 2.70. The van der Waals surface area contributed by atoms with Crippen LogP contribution in [0.2, 0.25) is 10.2 Å². The fraction of sp³-hybridized carbons (Fsp3) is 0.214. The lowest BCUT2D eigenvalue weighted by molar-refractivity contribution is 0.450. The fourth-order valence-corrected chi connectivity index (χ4v) is 6.35. The van der Waals surface area contributed by atoms with Crippen molar-refractivity contribution in [2.45, 2.75) is 31.7 Å². The van der Waals surface area contributed by atoms with Crippen LogP contribution in [0.3, 0.4) is 0 Å². The van der Waals surface area contributed by atoms with E-state index in [1.165, 1.54) is 10.7 Å². The van der Waals surface area contributed by atoms with Crippen molar-refractivity contribution in [3.63, 3.8) is 0 Å². The second kappa shape index (κ2) is 8.42. The molecule has 9 nitrogen and oxygen atoms in total. The van der Waals surface area contributed by atoms with E-state index in [9.17, 15) is 4.79 Å². The van der Waals surface area contributed by atoms with E-state index in [1.54, 1.807) is 29.0 Å². The molecule has 0 N–H and O–H groups in total. The van der Waals surface area contributed by atoms with Crippen LogP contribution in [0.15, 0.2) is 74.5 Å². The lowest BCUT2D eigenvalue weighted by Crippen LogP contribution is -2.27. The van der Waals surface area contributed by atoms with Crippen molar-refractivity contribution in [1.82, 2.24) is 29.7 Å². The van der Waals surface area contributed by atoms with Crippen LogP contribution in [0, 0.1) is 12.8 Å². The molecule has 2 aromatic carbocycles. The summed E-state index contributed by atoms with van der Waals surface area (Å²) in [5, 5.41) is 13.5. The summed E-state index contributed by atoms with van der Waals surface area (Å²) in [5.74, 6) is 0.271. The van der Waals surface area contributed by atoms with Gasteiger partial charge < -0.3 is 4.52 Å². The molecule has 0 radical (unpaired) electrons. The van der Waals surface area contributed by atoms with Crippen LogP contribution in [0.25, 0.3) is 27.9 Å². The SMILES string of the molecule is Cc1noc2cc(C3=NC(F)=C(C4C5CC5c5nc(-c6cc(Cl)ccc6-n6cc(Cl)nn6)cc(=O)n54)C3)ccc12. The summed E-state index contributed by atoms with van der Waals surface area (Å²) in [6.45, 7) is 1.87. The second-order valence-corrected chi connectivity index (χ2v) is 11.2. The Labute approximate surface area is 235 Å². The van der Waals surface area contributed by atoms with E-state index in [0.29, 0.717) is 51.1 Å². The van der Waals surface area contributed by atoms with Crippen molar-refractivity contribution in [1.29, 1.82) is 0 Å². The minimum absolute atomic E-state index is 0.0685. The summed E-state index contributed by atoms with van der Waals surface area (Å²) in [6, 6.07) is 11.9. The van der Waals surface area contributed by atoms with Crippen LogP contribution >= 0.6 is 23.2 Å². The lowest BCUT2D eigenvalue weighted by Gasteiger charge is -2.19. The minimum Gasteiger partial charge on any atom is -0.356 e. The molecule has 0 saturated heterocycles. The Morgan fingerprint density at radius 1 is 1.12 bits per heavy atom. The highest BCUT2D eigenvalue weighted by atomic mass is 35.5. The number of allylic oxidation sites excluding steroid dienone is 1. The lowest BCUT2D eigenvalue weighted by atomic mass is 9.96. The normalized spacial score (nSPS) is 21.2. The third-order valence-corrected chi connectivity index (χ3v) is 8.39. The summed E-state index contributed by atoms with van der Waals surface area (Å²) in [7, 11) is 0. The van der Waals surface area contributed by atoms with Gasteiger partial charge in [0.25, 0.3) is 5.56 Å². The first-order valence-corrected chi connectivity index (χ1v) is 13.5. The molecule has 40 heavy (non-hydrogen) atoms. The first kappa shape index (κ1) is 23.7. The maximum absolute atomic E-state index is 15.4. The van der Waals surface area contributed by atoms with E-state index in [0.717, 1.165) is 23.1 Å². The summed E-state index contributed by atoms with van der Waals surface area (Å²) in [5.41, 5.74) is 4.74. The van der Waals surface area contributed by atoms with Gasteiger partial charge in [-0.05, 0) is 49.6 Å². The molecular formula is C28H18Cl2FN7O2. The number of aromatic nitrogens is 6. The molecule has 198 valence electrons. The molecule has 5 aromatic rings. The van der Waals surface area contributed by atoms with Crippen LogP contribution < -0.4 is 5.56 Å². The Morgan fingerprint density at radius 2 is 2.00 bits per heavy atom. The first-order valence-electron chi connectivity index (χ1n) is 12.7. The van der Waals surface area contributed by atoms with Gasteiger partial charge in [-0.15, -0.1) is 5.10 Å². The third kappa shape index (κ3) is 3.52. The van der Waals surface area contributed by atoms with Crippen molar-refractivity contribution >= 4 is 39.9 Å². The van der Waals surface area contributed by atoms with Gasteiger partial charge in [0.1, 0.15) is 5.82 Å². The van der Waals surface area contributed by atoms with Gasteiger partial charge in [-0.2, -0.15) is 4.39 Å². The maximum Gasteiger partial charge on any atom is 0.254 e. The quantitative estimate of drug-likeness (QED) is 0.245. The van der Waals surface area contributed by atoms with Gasteiger partial charge in [0.2, 0.25) is 5.95 Å². The highest BCUT2D eigenvalue weighted by molar-refractivity contribution is 6.31. The summed E-state index contributed by atoms with van der Waals surface area (Å²) < 4.78 is 24.0. The van der Waals surface area contributed by atoms with E-state index in [2.05, 4.69) is 20.5 Å². The van der Waals surface area contributed by atoms with Gasteiger partial charge in [0, 0.05) is 45.5 Å². The van der Waals surface area contributed by atoms with E-state index in [1.807, 2.05) is 25.1 Å². The number of benzene rings is 2. The van der Waals surface area contributed by atoms with Crippen molar-refractivity contribution < 1.29 is 8.91 Å². The molecule has 2 aliphatic heterocycles. The zero-order valence-electron chi connectivity index (χ0n) is 20.8. The topological polar surface area (TPSA) is 104 Å². The highest BCUT2D eigenvalue weighted by Gasteiger charge is 2.56. The van der Waals surface area contributed by atoms with Gasteiger partial charge in [-0.3, -0.25) is 9.36 Å². The molecule has 0 amide bonds. The monoisotopic (exact) mass is 573 g/mol. The predicted octanol–water partition coefficient (Wildman–Crippen LogP) is 5.98. The van der Waals surface area contributed by atoms with E-state index >= 15 is 4.39 Å². The van der Waals surface area contributed by atoms with Crippen molar-refractivity contribution in [2.75, 3.05) is 0 Å². The summed E-state index contributed by atoms with van der Waals surface area (Å²) >= 11 is 12.3. The van der Waals surface area contributed by atoms with Crippen LogP contribution in [0.4, 0.5) is 4.39 Å². The molecule has 5 heterocycles. The Morgan fingerprint density at radius 3 is 2.83 bits per heavy atom. The molecule has 8 rings (SSSR count). The average Bonchev–Trinajstić information content (AvgIpc) is 3.20. The van der Waals surface area contributed by atoms with E-state index in [4.69, 9.17) is 32.7 Å². The zero-order valence-corrected chi connectivity index (χ0v) is 22.4. The number of aryl methyl sites for hydroxylation is 1. The number of nitrogens with zero attached hydrogens (tertiary/aromatic N) is 7. The average molecular weight is 574 g/mol. The molecule has 3 aromatic heterocycles. The number of hydrogen-bond donors (Lipinski definition) is 0. The molecule has 3 aliphatic rings. The Hall–Kier alpha value is -4.15. The third-order valence-electron chi connectivity index (χ3n) is 7.98. The largest absolute Gasteiger partial charge is 0.356 e. The minimum atomic E-state index is -0.538. The molecule has 1 fully saturated rings. The number of fused-ring (bicyclic) bond motifs is 4. The number of halogens is 3. The van der Waals surface area contributed by atoms with Crippen LogP contribution in [-0.4, -0.2) is 35.4 Å². The van der Waals surface area contributed by atoms with Crippen LogP contribution in [0.5, 0.6) is 0 Å². The fourth-order valence-electron chi connectivity index (χ4n) is 6.05. The zero-order chi connectivity index (χ0) is 27.3. The van der Waals surface area contributed by atoms with Crippen molar-refractivity contribution in [3.8, 4) is 16.9 Å². The molecule has 1 saturated carbocycles. The Bertz CT molecular complexity index is 2020. The van der Waals surface area contributed by atoms with Gasteiger partial charge in [-0.25, -0.2) is 14.7 Å². The first-order chi connectivity index (χ1) is 19.4. The molecule has 0 spiro atoms. The predicted molar refractivity (Wildman–Crippen MR) is 147 cm³/mol. The number of hydrogen-bond acceptors (Lipinski definition) is 7. The van der Waals surface area contributed by atoms with Crippen molar-refractivity contribution in [2.24, 2.45) is 10.9 Å². The molecular weight excluding hydrogens is 556 g/mol. The van der Waals surface area contributed by atoms with Gasteiger partial charge in [0.05, 0.1) is 35.0 Å². The van der Waals surface area contributed by atoms with Crippen LogP contribution in [-0.2, 0) is 0 Å². The second-order valence-electron chi connectivity index (χ2n) is 10.3. The number of rotatable bonds is 4. The molecule has 3 atom stereocenters. The van der Waals surface area contributed by atoms with E-state index < -0.39 is 12.0 Å². The summed E-state index contributed by atoms with van der Waals surface area (Å²) in [4.78, 5) is 22.8. The Balaban J connectivity index is 1.16. The maximum atomic E-state index is 15.4. The van der Waals surface area contributed by atoms with Crippen LogP contribution in [0.1, 0.15) is 41.9 Å². The van der Waals surface area contributed by atoms with Crippen molar-refractivity contribution in [3.05, 3.63) is 97.8 Å². The standard InChI is InChI=1S/C28H18Cl2FN7O2/c1-12-15-4-2-13(6-23(15)40-35-12)20-9-19(27(31)32-20)26-16-8-17(16)28-33-21(10-25(39)38(26)28)18-7-14(29)3-5-22(18)37-11-24(30)34-36-37/h2-7,10-11,16-17,26H,8-9H2,1H3. The Kier molecular flexibility index (Phi) is 4.99.